The van der Waals surface area contributed by atoms with Crippen molar-refractivity contribution < 1.29 is 9.53 Å². The summed E-state index contributed by atoms with van der Waals surface area (Å²) in [6.07, 6.45) is 1.50. The number of nitrogen functional groups attached to an aromatic ring is 1. The Hall–Kier alpha value is -3.57. The molecule has 0 fully saturated rings. The molecule has 4 rings (SSSR count). The Kier molecular flexibility index (Phi) is 5.06. The van der Waals surface area contributed by atoms with Crippen LogP contribution in [0.25, 0.3) is 5.65 Å². The van der Waals surface area contributed by atoms with Crippen LogP contribution in [-0.4, -0.2) is 47.2 Å². The highest BCUT2D eigenvalue weighted by molar-refractivity contribution is 5.94. The summed E-state index contributed by atoms with van der Waals surface area (Å²) < 4.78 is 7.30. The fourth-order valence-electron chi connectivity index (χ4n) is 3.37. The van der Waals surface area contributed by atoms with Crippen molar-refractivity contribution in [3.8, 4) is 0 Å². The molecule has 30 heavy (non-hydrogen) atoms. The first-order chi connectivity index (χ1) is 14.4. The molecule has 1 aliphatic heterocycles. The summed E-state index contributed by atoms with van der Waals surface area (Å²) >= 11 is 0. The van der Waals surface area contributed by atoms with E-state index in [0.717, 1.165) is 5.56 Å². The van der Waals surface area contributed by atoms with Gasteiger partial charge in [0.15, 0.2) is 17.2 Å². The second-order valence-corrected chi connectivity index (χ2v) is 7.27. The number of ether oxygens (including phenoxy) is 1. The second kappa shape index (κ2) is 7.69. The van der Waals surface area contributed by atoms with Crippen molar-refractivity contribution in [2.45, 2.75) is 19.6 Å². The molecule has 158 valence electrons. The second-order valence-electron chi connectivity index (χ2n) is 7.27. The van der Waals surface area contributed by atoms with Crippen LogP contribution in [0.15, 0.2) is 24.4 Å². The van der Waals surface area contributed by atoms with Crippen molar-refractivity contribution in [2.75, 3.05) is 42.1 Å². The number of nitrogens with zero attached hydrogens (tertiary/aromatic N) is 4. The van der Waals surface area contributed by atoms with Crippen LogP contribution in [0, 0.1) is 0 Å². The Morgan fingerprint density at radius 2 is 2.17 bits per heavy atom. The van der Waals surface area contributed by atoms with E-state index in [9.17, 15) is 4.79 Å². The smallest absolute Gasteiger partial charge is 0.271 e. The molecule has 3 aromatic rings. The Morgan fingerprint density at radius 3 is 2.90 bits per heavy atom. The lowest BCUT2D eigenvalue weighted by atomic mass is 10.1. The summed E-state index contributed by atoms with van der Waals surface area (Å²) in [5, 5.41) is 15.3. The van der Waals surface area contributed by atoms with E-state index in [0.29, 0.717) is 53.1 Å². The van der Waals surface area contributed by atoms with Gasteiger partial charge in [0.05, 0.1) is 42.2 Å². The number of nitrogens with two attached hydrogens (primary N) is 2. The molecule has 11 nitrogen and oxygen atoms in total. The molecule has 4 bridgehead atoms. The lowest BCUT2D eigenvalue weighted by molar-refractivity contribution is 0.0815. The Bertz CT molecular complexity index is 1110. The molecular formula is C19H25N9O2. The molecule has 1 aromatic carbocycles. The van der Waals surface area contributed by atoms with Crippen LogP contribution in [0.1, 0.15) is 23.0 Å². The number of imidazole rings is 1. The van der Waals surface area contributed by atoms with E-state index in [1.165, 1.54) is 15.7 Å². The molecule has 11 heteroatoms. The third kappa shape index (κ3) is 3.55. The number of carbonyl (C=O) groups excluding carboxylic acids is 1. The summed E-state index contributed by atoms with van der Waals surface area (Å²) in [5.41, 5.74) is 10.6. The first-order valence-corrected chi connectivity index (χ1v) is 9.50. The van der Waals surface area contributed by atoms with Gasteiger partial charge in [-0.15, -0.1) is 5.10 Å². The number of amides is 1. The Labute approximate surface area is 173 Å². The molecule has 0 radical (unpaired) electrons. The highest BCUT2D eigenvalue weighted by Gasteiger charge is 2.20. The van der Waals surface area contributed by atoms with E-state index in [2.05, 4.69) is 26.0 Å². The molecule has 0 saturated heterocycles. The van der Waals surface area contributed by atoms with Crippen LogP contribution in [0.3, 0.4) is 0 Å². The van der Waals surface area contributed by atoms with E-state index < -0.39 is 0 Å². The topological polar surface area (TPSA) is 148 Å². The molecule has 7 N–H and O–H groups in total. The number of benzene rings is 1. The molecule has 2 aromatic heterocycles. The molecule has 3 heterocycles. The molecule has 0 saturated carbocycles. The van der Waals surface area contributed by atoms with E-state index in [-0.39, 0.29) is 11.9 Å². The number of fused-ring (bicyclic) bond motifs is 3. The molecule has 0 aliphatic carbocycles. The number of hydrogen-bond acceptors (Lipinski definition) is 9. The number of nitrogens with one attached hydrogen (secondary N) is 3. The molecule has 1 atom stereocenters. The van der Waals surface area contributed by atoms with Crippen LogP contribution in [0.2, 0.25) is 0 Å². The number of carbonyl (C=O) groups is 1. The average Bonchev–Trinajstić information content (AvgIpc) is 3.12. The Balaban J connectivity index is 1.90. The van der Waals surface area contributed by atoms with Gasteiger partial charge in [-0.1, -0.05) is 0 Å². The minimum Gasteiger partial charge on any atom is -0.395 e. The fourth-order valence-corrected chi connectivity index (χ4v) is 3.37. The minimum atomic E-state index is -0.285. The van der Waals surface area contributed by atoms with Crippen molar-refractivity contribution in [1.82, 2.24) is 19.9 Å². The van der Waals surface area contributed by atoms with Gasteiger partial charge in [-0.25, -0.2) is 15.3 Å². The third-order valence-electron chi connectivity index (χ3n) is 4.84. The van der Waals surface area contributed by atoms with Gasteiger partial charge < -0.3 is 31.4 Å². The maximum atomic E-state index is 12.8. The van der Waals surface area contributed by atoms with Gasteiger partial charge in [-0.3, -0.25) is 4.79 Å². The van der Waals surface area contributed by atoms with E-state index in [1.807, 2.05) is 19.1 Å². The van der Waals surface area contributed by atoms with Gasteiger partial charge >= 0.3 is 0 Å². The Morgan fingerprint density at radius 1 is 1.37 bits per heavy atom. The zero-order chi connectivity index (χ0) is 21.4. The highest BCUT2D eigenvalue weighted by atomic mass is 16.5. The number of hydrogen-bond donors (Lipinski definition) is 5. The number of anilines is 5. The largest absolute Gasteiger partial charge is 0.395 e. The summed E-state index contributed by atoms with van der Waals surface area (Å²) in [7, 11) is 3.50. The van der Waals surface area contributed by atoms with Crippen LogP contribution in [0.5, 0.6) is 0 Å². The van der Waals surface area contributed by atoms with Gasteiger partial charge in [0, 0.05) is 26.2 Å². The number of aromatic nitrogens is 3. The normalized spacial score (nSPS) is 16.7. The predicted molar refractivity (Wildman–Crippen MR) is 116 cm³/mol. The number of hydrazine groups is 1. The molecule has 1 aliphatic rings. The van der Waals surface area contributed by atoms with Crippen LogP contribution >= 0.6 is 0 Å². The van der Waals surface area contributed by atoms with Crippen LogP contribution in [0.4, 0.5) is 28.6 Å². The van der Waals surface area contributed by atoms with E-state index in [1.54, 1.807) is 20.2 Å². The van der Waals surface area contributed by atoms with Crippen molar-refractivity contribution in [3.05, 3.63) is 35.7 Å². The summed E-state index contributed by atoms with van der Waals surface area (Å²) in [5.74, 6) is 6.17. The maximum absolute atomic E-state index is 12.8. The van der Waals surface area contributed by atoms with Crippen molar-refractivity contribution in [2.24, 2.45) is 5.84 Å². The molecule has 0 spiro atoms. The van der Waals surface area contributed by atoms with Gasteiger partial charge in [0.1, 0.15) is 0 Å². The van der Waals surface area contributed by atoms with Gasteiger partial charge in [-0.05, 0) is 24.6 Å². The SMILES string of the molecule is CNc1cc2nn3c(cnc13)C(=O)NC(C)COCc1cc(c(N)c(N(C)N)c1)N2. The maximum Gasteiger partial charge on any atom is 0.271 e. The molecule has 1 amide bonds. The zero-order valence-corrected chi connectivity index (χ0v) is 17.1. The summed E-state index contributed by atoms with van der Waals surface area (Å²) in [6, 6.07) is 5.37. The minimum absolute atomic E-state index is 0.207. The third-order valence-corrected chi connectivity index (χ3v) is 4.84. The van der Waals surface area contributed by atoms with E-state index >= 15 is 0 Å². The van der Waals surface area contributed by atoms with Gasteiger partial charge in [0.2, 0.25) is 0 Å². The van der Waals surface area contributed by atoms with Crippen LogP contribution < -0.4 is 32.5 Å². The monoisotopic (exact) mass is 411 g/mol. The lowest BCUT2D eigenvalue weighted by Crippen LogP contribution is -2.36. The standard InChI is InChI=1S/C19H25N9O2/c1-10-8-30-9-11-4-12(17(20)14(5-11)27(3)21)25-16-6-13(22-2)18-23-7-15(19(29)24-10)28(18)26-16/h4-7,10,22H,8-9,20-21H2,1-3H3,(H,24,29)(H,25,26). The molecular weight excluding hydrogens is 386 g/mol. The van der Waals surface area contributed by atoms with E-state index in [4.69, 9.17) is 16.3 Å². The lowest BCUT2D eigenvalue weighted by Gasteiger charge is -2.21. The first-order valence-electron chi connectivity index (χ1n) is 9.50. The molecule has 1 unspecified atom stereocenters. The highest BCUT2D eigenvalue weighted by Crippen LogP contribution is 2.34. The fraction of sp³-hybridized carbons (Fsp3) is 0.316. The van der Waals surface area contributed by atoms with Gasteiger partial charge in [-0.2, -0.15) is 0 Å². The average molecular weight is 411 g/mol. The summed E-state index contributed by atoms with van der Waals surface area (Å²) in [6.45, 7) is 2.55. The number of rotatable bonds is 2. The van der Waals surface area contributed by atoms with Crippen molar-refractivity contribution >= 4 is 40.1 Å². The zero-order valence-electron chi connectivity index (χ0n) is 17.1. The predicted octanol–water partition coefficient (Wildman–Crippen LogP) is 1.06. The van der Waals surface area contributed by atoms with Crippen LogP contribution in [-0.2, 0) is 11.3 Å². The van der Waals surface area contributed by atoms with Crippen molar-refractivity contribution in [1.29, 1.82) is 0 Å². The van der Waals surface area contributed by atoms with Gasteiger partial charge in [0.25, 0.3) is 5.91 Å². The summed E-state index contributed by atoms with van der Waals surface area (Å²) in [4.78, 5) is 17.1. The quantitative estimate of drug-likeness (QED) is 0.237. The first kappa shape index (κ1) is 19.7. The van der Waals surface area contributed by atoms with Crippen molar-refractivity contribution in [3.63, 3.8) is 0 Å².